The molecular formula is C22H24ClN3O4. The fourth-order valence-corrected chi connectivity index (χ4v) is 4.38. The minimum Gasteiger partial charge on any atom is -0.454 e. The molecule has 0 spiro atoms. The fraction of sp³-hybridized carbons (Fsp3) is 0.455. The number of pyridine rings is 1. The van der Waals surface area contributed by atoms with Crippen molar-refractivity contribution >= 4 is 17.6 Å². The number of amides is 2. The number of benzene rings is 1. The number of carbonyl (C=O) groups is 1. The molecule has 0 aliphatic carbocycles. The quantitative estimate of drug-likeness (QED) is 0.690. The molecular weight excluding hydrogens is 406 g/mol. The first-order chi connectivity index (χ1) is 14.7. The molecule has 0 saturated carbocycles. The predicted octanol–water partition coefficient (Wildman–Crippen LogP) is 3.86. The summed E-state index contributed by atoms with van der Waals surface area (Å²) >= 11 is 6.39. The maximum Gasteiger partial charge on any atom is 0.320 e. The Balaban J connectivity index is 1.31. The molecule has 4 heterocycles. The van der Waals surface area contributed by atoms with Crippen LogP contribution in [0.15, 0.2) is 36.5 Å². The van der Waals surface area contributed by atoms with Gasteiger partial charge in [-0.1, -0.05) is 23.7 Å². The molecule has 2 amide bonds. The molecule has 0 bridgehead atoms. The zero-order chi connectivity index (χ0) is 20.5. The number of carbonyl (C=O) groups excluding carboxylic acids is 1. The molecule has 1 aromatic carbocycles. The first kappa shape index (κ1) is 19.5. The van der Waals surface area contributed by atoms with E-state index in [0.717, 1.165) is 42.8 Å². The van der Waals surface area contributed by atoms with Crippen LogP contribution in [0.3, 0.4) is 0 Å². The molecule has 0 radical (unpaired) electrons. The summed E-state index contributed by atoms with van der Waals surface area (Å²) in [6.07, 6.45) is 4.57. The Morgan fingerprint density at radius 2 is 1.90 bits per heavy atom. The van der Waals surface area contributed by atoms with Gasteiger partial charge in [0.1, 0.15) is 11.3 Å². The van der Waals surface area contributed by atoms with E-state index < -0.39 is 6.10 Å². The third-order valence-corrected chi connectivity index (χ3v) is 6.16. The molecule has 1 atom stereocenters. The van der Waals surface area contributed by atoms with Crippen molar-refractivity contribution in [3.8, 4) is 11.5 Å². The molecule has 7 nitrogen and oxygen atoms in total. The number of nitrogens with zero attached hydrogens (tertiary/aromatic N) is 3. The number of hydrogen-bond donors (Lipinski definition) is 0. The lowest BCUT2D eigenvalue weighted by Gasteiger charge is -2.43. The number of piperidine rings is 1. The third kappa shape index (κ3) is 3.79. The summed E-state index contributed by atoms with van der Waals surface area (Å²) in [5.74, 6) is 1.41. The van der Waals surface area contributed by atoms with E-state index >= 15 is 0 Å². The maximum atomic E-state index is 12.7. The molecule has 2 saturated heterocycles. The van der Waals surface area contributed by atoms with Crippen molar-refractivity contribution in [3.05, 3.63) is 52.8 Å². The summed E-state index contributed by atoms with van der Waals surface area (Å²) < 4.78 is 17.4. The van der Waals surface area contributed by atoms with Crippen molar-refractivity contribution in [3.63, 3.8) is 0 Å². The molecule has 8 heteroatoms. The number of aromatic nitrogens is 1. The van der Waals surface area contributed by atoms with E-state index in [0.29, 0.717) is 24.0 Å². The first-order valence-corrected chi connectivity index (χ1v) is 10.8. The van der Waals surface area contributed by atoms with E-state index in [9.17, 15) is 4.79 Å². The van der Waals surface area contributed by atoms with Gasteiger partial charge in [-0.3, -0.25) is 0 Å². The molecule has 1 unspecified atom stereocenters. The van der Waals surface area contributed by atoms with Crippen molar-refractivity contribution < 1.29 is 19.0 Å². The minimum atomic E-state index is -0.405. The van der Waals surface area contributed by atoms with Gasteiger partial charge in [0, 0.05) is 24.8 Å². The standard InChI is InChI=1S/C22H24ClN3O4/c23-21-17(5-4-8-24-21)20(15-6-7-18-19(11-15)29-14-28-18)30-16-12-26(13-16)22(27)25-9-2-1-3-10-25/h4-8,11,16,20H,1-3,9-10,12-14H2. The molecule has 1 aromatic heterocycles. The van der Waals surface area contributed by atoms with Crippen LogP contribution in [0.1, 0.15) is 36.5 Å². The van der Waals surface area contributed by atoms with E-state index in [2.05, 4.69) is 4.98 Å². The largest absolute Gasteiger partial charge is 0.454 e. The van der Waals surface area contributed by atoms with E-state index in [1.807, 2.05) is 40.1 Å². The van der Waals surface area contributed by atoms with Gasteiger partial charge in [-0.25, -0.2) is 9.78 Å². The predicted molar refractivity (Wildman–Crippen MR) is 111 cm³/mol. The van der Waals surface area contributed by atoms with Crippen LogP contribution in [0.4, 0.5) is 4.79 Å². The molecule has 2 fully saturated rings. The first-order valence-electron chi connectivity index (χ1n) is 10.4. The van der Waals surface area contributed by atoms with Gasteiger partial charge >= 0.3 is 6.03 Å². The van der Waals surface area contributed by atoms with Crippen LogP contribution in [0.2, 0.25) is 5.15 Å². The van der Waals surface area contributed by atoms with Crippen molar-refractivity contribution in [2.75, 3.05) is 33.0 Å². The molecule has 158 valence electrons. The van der Waals surface area contributed by atoms with Gasteiger partial charge in [-0.2, -0.15) is 0 Å². The van der Waals surface area contributed by atoms with Crippen molar-refractivity contribution in [1.82, 2.24) is 14.8 Å². The summed E-state index contributed by atoms with van der Waals surface area (Å²) in [6, 6.07) is 9.64. The van der Waals surface area contributed by atoms with Gasteiger partial charge in [0.15, 0.2) is 11.5 Å². The fourth-order valence-electron chi connectivity index (χ4n) is 4.16. The monoisotopic (exact) mass is 429 g/mol. The normalized spacial score (nSPS) is 19.5. The van der Waals surface area contributed by atoms with E-state index in [4.69, 9.17) is 25.8 Å². The Morgan fingerprint density at radius 3 is 2.70 bits per heavy atom. The summed E-state index contributed by atoms with van der Waals surface area (Å²) in [4.78, 5) is 20.7. The van der Waals surface area contributed by atoms with Gasteiger partial charge < -0.3 is 24.0 Å². The second kappa shape index (κ2) is 8.32. The SMILES string of the molecule is O=C(N1CCCCC1)N1CC(OC(c2ccc3c(c2)OCO3)c2cccnc2Cl)C1. The molecule has 3 aliphatic rings. The smallest absolute Gasteiger partial charge is 0.320 e. The summed E-state index contributed by atoms with van der Waals surface area (Å²) in [5, 5.41) is 0.403. The third-order valence-electron chi connectivity index (χ3n) is 5.84. The van der Waals surface area contributed by atoms with E-state index in [1.54, 1.807) is 6.20 Å². The number of ether oxygens (including phenoxy) is 3. The van der Waals surface area contributed by atoms with Crippen LogP contribution in [0.5, 0.6) is 11.5 Å². The number of hydrogen-bond acceptors (Lipinski definition) is 5. The Morgan fingerprint density at radius 1 is 1.10 bits per heavy atom. The second-order valence-electron chi connectivity index (χ2n) is 7.87. The van der Waals surface area contributed by atoms with Crippen LogP contribution in [0, 0.1) is 0 Å². The highest BCUT2D eigenvalue weighted by molar-refractivity contribution is 6.30. The average Bonchev–Trinajstić information content (AvgIpc) is 3.22. The van der Waals surface area contributed by atoms with Crippen LogP contribution in [0.25, 0.3) is 0 Å². The number of urea groups is 1. The lowest BCUT2D eigenvalue weighted by molar-refractivity contribution is -0.0692. The molecule has 0 N–H and O–H groups in total. The van der Waals surface area contributed by atoms with E-state index in [1.165, 1.54) is 6.42 Å². The number of halogens is 1. The van der Waals surface area contributed by atoms with Crippen LogP contribution >= 0.6 is 11.6 Å². The Labute approximate surface area is 180 Å². The molecule has 2 aromatic rings. The van der Waals surface area contributed by atoms with Gasteiger partial charge in [-0.05, 0) is 43.0 Å². The summed E-state index contributed by atoms with van der Waals surface area (Å²) in [5.41, 5.74) is 1.70. The van der Waals surface area contributed by atoms with Crippen LogP contribution < -0.4 is 9.47 Å². The molecule has 5 rings (SSSR count). The number of fused-ring (bicyclic) bond motifs is 1. The second-order valence-corrected chi connectivity index (χ2v) is 8.23. The molecule has 30 heavy (non-hydrogen) atoms. The number of likely N-dealkylation sites (tertiary alicyclic amines) is 2. The van der Waals surface area contributed by atoms with Gasteiger partial charge in [0.05, 0.1) is 19.2 Å². The lowest BCUT2D eigenvalue weighted by Crippen LogP contribution is -2.59. The topological polar surface area (TPSA) is 64.1 Å². The summed E-state index contributed by atoms with van der Waals surface area (Å²) in [7, 11) is 0. The zero-order valence-electron chi connectivity index (χ0n) is 16.6. The van der Waals surface area contributed by atoms with Crippen LogP contribution in [-0.4, -0.2) is 59.9 Å². The highest BCUT2D eigenvalue weighted by Gasteiger charge is 2.37. The van der Waals surface area contributed by atoms with E-state index in [-0.39, 0.29) is 18.9 Å². The number of rotatable bonds is 4. The Hall–Kier alpha value is -2.51. The lowest BCUT2D eigenvalue weighted by atomic mass is 10.0. The molecule has 3 aliphatic heterocycles. The minimum absolute atomic E-state index is 0.0644. The van der Waals surface area contributed by atoms with Gasteiger partial charge in [0.25, 0.3) is 0 Å². The highest BCUT2D eigenvalue weighted by Crippen LogP contribution is 2.39. The zero-order valence-corrected chi connectivity index (χ0v) is 17.4. The Kier molecular flexibility index (Phi) is 5.39. The Bertz CT molecular complexity index is 928. The van der Waals surface area contributed by atoms with Gasteiger partial charge in [0.2, 0.25) is 6.79 Å². The van der Waals surface area contributed by atoms with Gasteiger partial charge in [-0.15, -0.1) is 0 Å². The van der Waals surface area contributed by atoms with Crippen molar-refractivity contribution in [1.29, 1.82) is 0 Å². The average molecular weight is 430 g/mol. The van der Waals surface area contributed by atoms with Crippen molar-refractivity contribution in [2.24, 2.45) is 0 Å². The van der Waals surface area contributed by atoms with Crippen molar-refractivity contribution in [2.45, 2.75) is 31.5 Å². The maximum absolute atomic E-state index is 12.7. The van der Waals surface area contributed by atoms with Crippen LogP contribution in [-0.2, 0) is 4.74 Å². The highest BCUT2D eigenvalue weighted by atomic mass is 35.5. The summed E-state index contributed by atoms with van der Waals surface area (Å²) in [6.45, 7) is 3.08.